The standard InChI is InChI=1S/C5H7N3O/c1-4-6-3-8(2)5(9)7-4/h3H,1-2H3. The molecule has 0 aliphatic rings. The molecule has 0 atom stereocenters. The molecule has 0 spiro atoms. The fourth-order valence-electron chi connectivity index (χ4n) is 0.466. The first kappa shape index (κ1) is 5.94. The molecule has 48 valence electrons. The second-order valence-corrected chi connectivity index (χ2v) is 1.80. The van der Waals surface area contributed by atoms with Crippen LogP contribution in [0.2, 0.25) is 0 Å². The van der Waals surface area contributed by atoms with Gasteiger partial charge in [-0.25, -0.2) is 9.78 Å². The maximum Gasteiger partial charge on any atom is 0.350 e. The molecule has 1 aromatic heterocycles. The molecular weight excluding hydrogens is 118 g/mol. The van der Waals surface area contributed by atoms with Crippen molar-refractivity contribution in [1.29, 1.82) is 0 Å². The van der Waals surface area contributed by atoms with E-state index in [1.165, 1.54) is 10.9 Å². The first-order chi connectivity index (χ1) is 4.20. The molecule has 0 amide bonds. The minimum Gasteiger partial charge on any atom is -0.286 e. The van der Waals surface area contributed by atoms with E-state index in [0.29, 0.717) is 5.82 Å². The number of nitrogens with zero attached hydrogens (tertiary/aromatic N) is 3. The van der Waals surface area contributed by atoms with E-state index in [-0.39, 0.29) is 5.69 Å². The van der Waals surface area contributed by atoms with Gasteiger partial charge in [-0.2, -0.15) is 4.98 Å². The van der Waals surface area contributed by atoms with Crippen LogP contribution in [0, 0.1) is 6.92 Å². The molecule has 4 nitrogen and oxygen atoms in total. The molecule has 1 heterocycles. The number of hydrogen-bond donors (Lipinski definition) is 0. The van der Waals surface area contributed by atoms with Gasteiger partial charge in [0.05, 0.1) is 0 Å². The number of hydrogen-bond acceptors (Lipinski definition) is 3. The molecule has 0 aromatic carbocycles. The van der Waals surface area contributed by atoms with Crippen molar-refractivity contribution in [2.75, 3.05) is 0 Å². The highest BCUT2D eigenvalue weighted by atomic mass is 16.1. The predicted molar refractivity (Wildman–Crippen MR) is 32.0 cm³/mol. The monoisotopic (exact) mass is 125 g/mol. The fraction of sp³-hybridized carbons (Fsp3) is 0.400. The van der Waals surface area contributed by atoms with E-state index < -0.39 is 0 Å². The Hall–Kier alpha value is -1.19. The normalized spacial score (nSPS) is 9.56. The summed E-state index contributed by atoms with van der Waals surface area (Å²) in [7, 11) is 1.61. The van der Waals surface area contributed by atoms with Crippen molar-refractivity contribution < 1.29 is 0 Å². The average molecular weight is 125 g/mol. The zero-order chi connectivity index (χ0) is 6.85. The summed E-state index contributed by atoms with van der Waals surface area (Å²) in [5.74, 6) is 0.512. The van der Waals surface area contributed by atoms with Crippen molar-refractivity contribution in [2.45, 2.75) is 6.92 Å². The minimum atomic E-state index is -0.262. The van der Waals surface area contributed by atoms with E-state index in [2.05, 4.69) is 9.97 Å². The van der Waals surface area contributed by atoms with Gasteiger partial charge in [-0.05, 0) is 6.92 Å². The number of aromatic nitrogens is 3. The average Bonchev–Trinajstić information content (AvgIpc) is 1.80. The lowest BCUT2D eigenvalue weighted by molar-refractivity contribution is 0.751. The Morgan fingerprint density at radius 2 is 2.33 bits per heavy atom. The van der Waals surface area contributed by atoms with Gasteiger partial charge in [0.1, 0.15) is 12.2 Å². The van der Waals surface area contributed by atoms with E-state index in [4.69, 9.17) is 0 Å². The van der Waals surface area contributed by atoms with Crippen LogP contribution in [-0.2, 0) is 7.05 Å². The summed E-state index contributed by atoms with van der Waals surface area (Å²) in [6.45, 7) is 1.68. The van der Waals surface area contributed by atoms with Crippen molar-refractivity contribution in [3.63, 3.8) is 0 Å². The first-order valence-corrected chi connectivity index (χ1v) is 2.56. The van der Waals surface area contributed by atoms with E-state index in [9.17, 15) is 4.79 Å². The summed E-state index contributed by atoms with van der Waals surface area (Å²) in [5.41, 5.74) is -0.262. The van der Waals surface area contributed by atoms with Gasteiger partial charge < -0.3 is 0 Å². The van der Waals surface area contributed by atoms with Crippen LogP contribution < -0.4 is 5.69 Å². The van der Waals surface area contributed by atoms with Gasteiger partial charge in [-0.1, -0.05) is 0 Å². The summed E-state index contributed by atoms with van der Waals surface area (Å²) in [6.07, 6.45) is 1.45. The van der Waals surface area contributed by atoms with Crippen LogP contribution in [0.5, 0.6) is 0 Å². The van der Waals surface area contributed by atoms with Crippen molar-refractivity contribution in [3.8, 4) is 0 Å². The van der Waals surface area contributed by atoms with Crippen LogP contribution in [-0.4, -0.2) is 14.5 Å². The van der Waals surface area contributed by atoms with Crippen LogP contribution in [0.4, 0.5) is 0 Å². The molecule has 0 fully saturated rings. The predicted octanol–water partition coefficient (Wildman–Crippen LogP) is -0.516. The highest BCUT2D eigenvalue weighted by Crippen LogP contribution is 1.73. The molecule has 9 heavy (non-hydrogen) atoms. The topological polar surface area (TPSA) is 47.8 Å². The Morgan fingerprint density at radius 1 is 1.67 bits per heavy atom. The van der Waals surface area contributed by atoms with Gasteiger partial charge in [0.15, 0.2) is 0 Å². The molecule has 0 aliphatic carbocycles. The summed E-state index contributed by atoms with van der Waals surface area (Å²) < 4.78 is 1.33. The SMILES string of the molecule is Cc1ncn(C)c(=O)n1. The maximum atomic E-state index is 10.7. The largest absolute Gasteiger partial charge is 0.350 e. The third-order valence-electron chi connectivity index (χ3n) is 0.977. The molecule has 0 unspecified atom stereocenters. The van der Waals surface area contributed by atoms with Gasteiger partial charge in [0.2, 0.25) is 0 Å². The Morgan fingerprint density at radius 3 is 2.78 bits per heavy atom. The van der Waals surface area contributed by atoms with Gasteiger partial charge >= 0.3 is 5.69 Å². The van der Waals surface area contributed by atoms with Gasteiger partial charge in [0, 0.05) is 7.05 Å². The maximum absolute atomic E-state index is 10.7. The summed E-state index contributed by atoms with van der Waals surface area (Å²) in [5, 5.41) is 0. The van der Waals surface area contributed by atoms with Gasteiger partial charge in [0.25, 0.3) is 0 Å². The molecule has 0 saturated carbocycles. The minimum absolute atomic E-state index is 0.262. The van der Waals surface area contributed by atoms with Crippen LogP contribution in [0.1, 0.15) is 5.82 Å². The van der Waals surface area contributed by atoms with E-state index in [1.807, 2.05) is 0 Å². The Labute approximate surface area is 52.2 Å². The number of rotatable bonds is 0. The van der Waals surface area contributed by atoms with E-state index in [1.54, 1.807) is 14.0 Å². The lowest BCUT2D eigenvalue weighted by Gasteiger charge is -1.91. The van der Waals surface area contributed by atoms with Gasteiger partial charge in [-0.3, -0.25) is 4.57 Å². The smallest absolute Gasteiger partial charge is 0.286 e. The van der Waals surface area contributed by atoms with Crippen LogP contribution in [0.25, 0.3) is 0 Å². The molecule has 0 aliphatic heterocycles. The van der Waals surface area contributed by atoms with Crippen molar-refractivity contribution in [1.82, 2.24) is 14.5 Å². The lowest BCUT2D eigenvalue weighted by atomic mass is 10.7. The first-order valence-electron chi connectivity index (χ1n) is 2.56. The second kappa shape index (κ2) is 1.97. The quantitative estimate of drug-likeness (QED) is 0.469. The van der Waals surface area contributed by atoms with Crippen LogP contribution in [0.15, 0.2) is 11.1 Å². The lowest BCUT2D eigenvalue weighted by Crippen LogP contribution is -2.20. The van der Waals surface area contributed by atoms with E-state index in [0.717, 1.165) is 0 Å². The number of aryl methyl sites for hydroxylation is 2. The summed E-state index contributed by atoms with van der Waals surface area (Å²) in [6, 6.07) is 0. The Balaban J connectivity index is 3.34. The van der Waals surface area contributed by atoms with Crippen LogP contribution in [0.3, 0.4) is 0 Å². The molecular formula is C5H7N3O. The highest BCUT2D eigenvalue weighted by molar-refractivity contribution is 4.76. The third kappa shape index (κ3) is 1.13. The highest BCUT2D eigenvalue weighted by Gasteiger charge is 1.89. The fourth-order valence-corrected chi connectivity index (χ4v) is 0.466. The van der Waals surface area contributed by atoms with Gasteiger partial charge in [-0.15, -0.1) is 0 Å². The van der Waals surface area contributed by atoms with Crippen molar-refractivity contribution >= 4 is 0 Å². The Kier molecular flexibility index (Phi) is 1.30. The molecule has 4 heteroatoms. The molecule has 0 radical (unpaired) electrons. The molecule has 1 aromatic rings. The molecule has 1 rings (SSSR count). The summed E-state index contributed by atoms with van der Waals surface area (Å²) >= 11 is 0. The van der Waals surface area contributed by atoms with Crippen molar-refractivity contribution in [3.05, 3.63) is 22.6 Å². The molecule has 0 N–H and O–H groups in total. The third-order valence-corrected chi connectivity index (χ3v) is 0.977. The van der Waals surface area contributed by atoms with Crippen molar-refractivity contribution in [2.24, 2.45) is 7.05 Å². The molecule has 0 bridgehead atoms. The van der Waals surface area contributed by atoms with E-state index >= 15 is 0 Å². The molecule has 0 saturated heterocycles. The summed E-state index contributed by atoms with van der Waals surface area (Å²) in [4.78, 5) is 18.0. The zero-order valence-electron chi connectivity index (χ0n) is 5.33. The second-order valence-electron chi connectivity index (χ2n) is 1.80. The van der Waals surface area contributed by atoms with Crippen LogP contribution >= 0.6 is 0 Å². The Bertz CT molecular complexity index is 265. The zero-order valence-corrected chi connectivity index (χ0v) is 5.33.